The number of halogens is 3. The number of hydrogen-bond acceptors (Lipinski definition) is 2. The molecule has 0 bridgehead atoms. The third-order valence-electron chi connectivity index (χ3n) is 3.46. The third kappa shape index (κ3) is 2.42. The normalized spacial score (nSPS) is 12.8. The molecule has 0 spiro atoms. The van der Waals surface area contributed by atoms with E-state index in [0.717, 1.165) is 0 Å². The van der Waals surface area contributed by atoms with Crippen LogP contribution in [0.25, 0.3) is 11.0 Å². The van der Waals surface area contributed by atoms with Crippen LogP contribution in [0, 0.1) is 12.7 Å². The van der Waals surface area contributed by atoms with E-state index in [4.69, 9.17) is 27.6 Å². The second-order valence-electron chi connectivity index (χ2n) is 4.78. The Kier molecular flexibility index (Phi) is 3.66. The van der Waals surface area contributed by atoms with Gasteiger partial charge in [0.15, 0.2) is 0 Å². The molecule has 1 aromatic heterocycles. The summed E-state index contributed by atoms with van der Waals surface area (Å²) in [6.45, 7) is 1.77. The van der Waals surface area contributed by atoms with Crippen LogP contribution < -0.4 is 0 Å². The molecular formula is C16H11Cl2FO2. The van der Waals surface area contributed by atoms with Crippen LogP contribution in [-0.2, 0) is 0 Å². The van der Waals surface area contributed by atoms with Gasteiger partial charge in [-0.2, -0.15) is 0 Å². The van der Waals surface area contributed by atoms with Gasteiger partial charge in [-0.15, -0.1) is 0 Å². The molecule has 0 amide bonds. The number of benzene rings is 2. The standard InChI is InChI=1S/C16H11Cl2FO2/c1-8-11-7-9(19)5-6-13(11)21-16(8)15(20)10-3-2-4-12(17)14(10)18/h2-7,15,20H,1H3. The quantitative estimate of drug-likeness (QED) is 0.696. The summed E-state index contributed by atoms with van der Waals surface area (Å²) >= 11 is 12.1. The van der Waals surface area contributed by atoms with Crippen molar-refractivity contribution in [1.82, 2.24) is 0 Å². The van der Waals surface area contributed by atoms with E-state index in [1.54, 1.807) is 25.1 Å². The smallest absolute Gasteiger partial charge is 0.141 e. The van der Waals surface area contributed by atoms with Gasteiger partial charge in [0.2, 0.25) is 0 Å². The molecule has 2 nitrogen and oxygen atoms in total. The second-order valence-corrected chi connectivity index (χ2v) is 5.56. The molecule has 0 saturated heterocycles. The molecule has 108 valence electrons. The van der Waals surface area contributed by atoms with Crippen molar-refractivity contribution in [2.75, 3.05) is 0 Å². The average molecular weight is 325 g/mol. The van der Waals surface area contributed by atoms with Crippen molar-refractivity contribution < 1.29 is 13.9 Å². The zero-order valence-electron chi connectivity index (χ0n) is 11.0. The molecule has 0 saturated carbocycles. The molecule has 5 heteroatoms. The largest absolute Gasteiger partial charge is 0.458 e. The Bertz CT molecular complexity index is 827. The van der Waals surface area contributed by atoms with E-state index in [0.29, 0.717) is 32.9 Å². The molecule has 3 aromatic rings. The van der Waals surface area contributed by atoms with Gasteiger partial charge >= 0.3 is 0 Å². The maximum absolute atomic E-state index is 13.3. The van der Waals surface area contributed by atoms with Crippen molar-refractivity contribution in [1.29, 1.82) is 0 Å². The van der Waals surface area contributed by atoms with E-state index in [-0.39, 0.29) is 10.8 Å². The van der Waals surface area contributed by atoms with Crippen LogP contribution in [0.5, 0.6) is 0 Å². The lowest BCUT2D eigenvalue weighted by Crippen LogP contribution is -2.01. The number of furan rings is 1. The van der Waals surface area contributed by atoms with Crippen molar-refractivity contribution in [2.45, 2.75) is 13.0 Å². The van der Waals surface area contributed by atoms with Crippen molar-refractivity contribution >= 4 is 34.2 Å². The lowest BCUT2D eigenvalue weighted by molar-refractivity contribution is 0.191. The van der Waals surface area contributed by atoms with E-state index in [1.807, 2.05) is 0 Å². The molecule has 0 aliphatic carbocycles. The molecule has 0 fully saturated rings. The summed E-state index contributed by atoms with van der Waals surface area (Å²) in [5.41, 5.74) is 1.64. The Balaban J connectivity index is 2.15. The lowest BCUT2D eigenvalue weighted by Gasteiger charge is -2.12. The molecule has 0 aliphatic rings. The first-order valence-electron chi connectivity index (χ1n) is 6.29. The van der Waals surface area contributed by atoms with E-state index in [2.05, 4.69) is 0 Å². The highest BCUT2D eigenvalue weighted by Gasteiger charge is 2.22. The first-order valence-corrected chi connectivity index (χ1v) is 7.05. The Labute approximate surface area is 130 Å². The van der Waals surface area contributed by atoms with Crippen LogP contribution in [-0.4, -0.2) is 5.11 Å². The second kappa shape index (κ2) is 5.34. The summed E-state index contributed by atoms with van der Waals surface area (Å²) < 4.78 is 19.0. The van der Waals surface area contributed by atoms with Gasteiger partial charge < -0.3 is 9.52 Å². The monoisotopic (exact) mass is 324 g/mol. The third-order valence-corrected chi connectivity index (χ3v) is 4.29. The first kappa shape index (κ1) is 14.4. The highest BCUT2D eigenvalue weighted by molar-refractivity contribution is 6.42. The highest BCUT2D eigenvalue weighted by atomic mass is 35.5. The van der Waals surface area contributed by atoms with Crippen molar-refractivity contribution in [3.05, 3.63) is 69.1 Å². The van der Waals surface area contributed by atoms with Gasteiger partial charge in [0, 0.05) is 16.5 Å². The van der Waals surface area contributed by atoms with E-state index < -0.39 is 6.10 Å². The summed E-state index contributed by atoms with van der Waals surface area (Å²) in [4.78, 5) is 0. The highest BCUT2D eigenvalue weighted by Crippen LogP contribution is 2.37. The molecular weight excluding hydrogens is 314 g/mol. The van der Waals surface area contributed by atoms with E-state index >= 15 is 0 Å². The topological polar surface area (TPSA) is 33.4 Å². The molecule has 1 N–H and O–H groups in total. The first-order chi connectivity index (χ1) is 9.99. The van der Waals surface area contributed by atoms with Crippen LogP contribution in [0.2, 0.25) is 10.0 Å². The molecule has 0 aliphatic heterocycles. The maximum atomic E-state index is 13.3. The number of fused-ring (bicyclic) bond motifs is 1. The van der Waals surface area contributed by atoms with Crippen LogP contribution in [0.1, 0.15) is 23.0 Å². The van der Waals surface area contributed by atoms with Gasteiger partial charge in [-0.3, -0.25) is 0 Å². The Morgan fingerprint density at radius 2 is 1.95 bits per heavy atom. The van der Waals surface area contributed by atoms with Gasteiger partial charge in [-0.05, 0) is 31.2 Å². The Hall–Kier alpha value is -1.55. The van der Waals surface area contributed by atoms with Gasteiger partial charge in [0.1, 0.15) is 23.3 Å². The fourth-order valence-corrected chi connectivity index (χ4v) is 2.76. The number of aliphatic hydroxyl groups excluding tert-OH is 1. The van der Waals surface area contributed by atoms with Crippen LogP contribution >= 0.6 is 23.2 Å². The van der Waals surface area contributed by atoms with Crippen molar-refractivity contribution in [3.8, 4) is 0 Å². The van der Waals surface area contributed by atoms with Gasteiger partial charge in [-0.25, -0.2) is 4.39 Å². The predicted octanol–water partition coefficient (Wildman–Crippen LogP) is 5.27. The van der Waals surface area contributed by atoms with E-state index in [9.17, 15) is 9.50 Å². The molecule has 1 heterocycles. The minimum Gasteiger partial charge on any atom is -0.458 e. The summed E-state index contributed by atoms with van der Waals surface area (Å²) in [6, 6.07) is 9.24. The van der Waals surface area contributed by atoms with Gasteiger partial charge in [0.25, 0.3) is 0 Å². The van der Waals surface area contributed by atoms with Gasteiger partial charge in [-0.1, -0.05) is 35.3 Å². The van der Waals surface area contributed by atoms with Crippen LogP contribution in [0.15, 0.2) is 40.8 Å². The van der Waals surface area contributed by atoms with Crippen molar-refractivity contribution in [3.63, 3.8) is 0 Å². The summed E-state index contributed by atoms with van der Waals surface area (Å²) in [5, 5.41) is 11.8. The van der Waals surface area contributed by atoms with E-state index in [1.165, 1.54) is 18.2 Å². The zero-order chi connectivity index (χ0) is 15.1. The lowest BCUT2D eigenvalue weighted by atomic mass is 10.0. The molecule has 21 heavy (non-hydrogen) atoms. The minimum atomic E-state index is -1.06. The predicted molar refractivity (Wildman–Crippen MR) is 81.4 cm³/mol. The van der Waals surface area contributed by atoms with Crippen LogP contribution in [0.4, 0.5) is 4.39 Å². The fraction of sp³-hybridized carbons (Fsp3) is 0.125. The minimum absolute atomic E-state index is 0.276. The van der Waals surface area contributed by atoms with Crippen molar-refractivity contribution in [2.24, 2.45) is 0 Å². The summed E-state index contributed by atoms with van der Waals surface area (Å²) in [5.74, 6) is -0.0204. The summed E-state index contributed by atoms with van der Waals surface area (Å²) in [6.07, 6.45) is -1.06. The maximum Gasteiger partial charge on any atom is 0.141 e. The summed E-state index contributed by atoms with van der Waals surface area (Å²) in [7, 11) is 0. The molecule has 1 unspecified atom stereocenters. The number of aryl methyl sites for hydroxylation is 1. The average Bonchev–Trinajstić information content (AvgIpc) is 2.78. The number of aliphatic hydroxyl groups is 1. The zero-order valence-corrected chi connectivity index (χ0v) is 12.5. The van der Waals surface area contributed by atoms with Gasteiger partial charge in [0.05, 0.1) is 10.0 Å². The number of rotatable bonds is 2. The molecule has 2 aromatic carbocycles. The van der Waals surface area contributed by atoms with Crippen LogP contribution in [0.3, 0.4) is 0 Å². The fourth-order valence-electron chi connectivity index (χ4n) is 2.35. The Morgan fingerprint density at radius 3 is 2.71 bits per heavy atom. The molecule has 1 atom stereocenters. The molecule has 0 radical (unpaired) electrons. The SMILES string of the molecule is Cc1c(C(O)c2cccc(Cl)c2Cl)oc2ccc(F)cc12. The molecule has 3 rings (SSSR count). The number of hydrogen-bond donors (Lipinski definition) is 1. The Morgan fingerprint density at radius 1 is 1.19 bits per heavy atom.